The van der Waals surface area contributed by atoms with E-state index in [1.165, 1.54) is 29.7 Å². The predicted octanol–water partition coefficient (Wildman–Crippen LogP) is 5.44. The molecule has 0 unspecified atom stereocenters. The fourth-order valence-corrected chi connectivity index (χ4v) is 4.43. The first-order valence-electron chi connectivity index (χ1n) is 8.76. The van der Waals surface area contributed by atoms with E-state index in [1.54, 1.807) is 35.7 Å². The SMILES string of the molecule is Cc1nc(-c2cccs2)sc1C(=O)NCc1ccc(Oc2cccnc2)c(F)c1. The molecule has 0 bridgehead atoms. The van der Waals surface area contributed by atoms with Crippen LogP contribution < -0.4 is 10.1 Å². The van der Waals surface area contributed by atoms with E-state index in [0.717, 1.165) is 9.88 Å². The number of ether oxygens (including phenoxy) is 1. The van der Waals surface area contributed by atoms with Crippen molar-refractivity contribution in [2.45, 2.75) is 13.5 Å². The van der Waals surface area contributed by atoms with Crippen molar-refractivity contribution in [3.63, 3.8) is 0 Å². The maximum atomic E-state index is 14.3. The zero-order chi connectivity index (χ0) is 20.2. The number of amides is 1. The molecule has 4 rings (SSSR count). The van der Waals surface area contributed by atoms with Crippen molar-refractivity contribution < 1.29 is 13.9 Å². The van der Waals surface area contributed by atoms with E-state index >= 15 is 0 Å². The number of halogens is 1. The van der Waals surface area contributed by atoms with E-state index in [4.69, 9.17) is 4.74 Å². The molecule has 0 spiro atoms. The molecule has 0 saturated heterocycles. The van der Waals surface area contributed by atoms with Crippen LogP contribution in [0.5, 0.6) is 11.5 Å². The van der Waals surface area contributed by atoms with Crippen LogP contribution in [0, 0.1) is 12.7 Å². The Labute approximate surface area is 174 Å². The van der Waals surface area contributed by atoms with Crippen LogP contribution in [0.2, 0.25) is 0 Å². The zero-order valence-corrected chi connectivity index (χ0v) is 17.0. The lowest BCUT2D eigenvalue weighted by molar-refractivity contribution is 0.0954. The fourth-order valence-electron chi connectivity index (χ4n) is 2.65. The molecule has 1 amide bonds. The van der Waals surface area contributed by atoms with Gasteiger partial charge in [-0.15, -0.1) is 22.7 Å². The topological polar surface area (TPSA) is 64.1 Å². The number of hydrogen-bond donors (Lipinski definition) is 1. The molecule has 8 heteroatoms. The molecule has 0 aliphatic carbocycles. The molecular weight excluding hydrogens is 409 g/mol. The van der Waals surface area contributed by atoms with Gasteiger partial charge in [-0.2, -0.15) is 0 Å². The van der Waals surface area contributed by atoms with Crippen LogP contribution in [0.15, 0.2) is 60.2 Å². The third-order valence-corrected chi connectivity index (χ3v) is 6.24. The lowest BCUT2D eigenvalue weighted by Crippen LogP contribution is -2.22. The Bertz CT molecular complexity index is 1130. The monoisotopic (exact) mass is 425 g/mol. The molecule has 0 radical (unpaired) electrons. The summed E-state index contributed by atoms with van der Waals surface area (Å²) >= 11 is 2.94. The molecule has 0 saturated carbocycles. The number of benzene rings is 1. The van der Waals surface area contributed by atoms with Gasteiger partial charge in [0.15, 0.2) is 11.6 Å². The Hall–Kier alpha value is -3.10. The molecule has 1 N–H and O–H groups in total. The highest BCUT2D eigenvalue weighted by Gasteiger charge is 2.17. The van der Waals surface area contributed by atoms with E-state index in [9.17, 15) is 9.18 Å². The van der Waals surface area contributed by atoms with Gasteiger partial charge in [0.25, 0.3) is 5.91 Å². The fraction of sp³-hybridized carbons (Fsp3) is 0.0952. The molecule has 4 aromatic rings. The molecule has 146 valence electrons. The standard InChI is InChI=1S/C21H16FN3O2S2/c1-13-19(29-21(25-13)18-5-3-9-28-18)20(26)24-11-14-6-7-17(16(22)10-14)27-15-4-2-8-23-12-15/h2-10,12H,11H2,1H3,(H,24,26). The zero-order valence-electron chi connectivity index (χ0n) is 15.4. The highest BCUT2D eigenvalue weighted by Crippen LogP contribution is 2.31. The van der Waals surface area contributed by atoms with Crippen LogP contribution in [0.1, 0.15) is 20.9 Å². The van der Waals surface area contributed by atoms with Crippen molar-refractivity contribution in [3.05, 3.63) is 82.2 Å². The molecular formula is C21H16FN3O2S2. The molecule has 29 heavy (non-hydrogen) atoms. The van der Waals surface area contributed by atoms with Crippen molar-refractivity contribution in [2.75, 3.05) is 0 Å². The summed E-state index contributed by atoms with van der Waals surface area (Å²) in [4.78, 5) is 22.6. The van der Waals surface area contributed by atoms with Crippen LogP contribution in [0.4, 0.5) is 4.39 Å². The number of thiophene rings is 1. The highest BCUT2D eigenvalue weighted by molar-refractivity contribution is 7.22. The summed E-state index contributed by atoms with van der Waals surface area (Å²) in [6, 6.07) is 11.9. The third kappa shape index (κ3) is 4.49. The number of nitrogens with zero attached hydrogens (tertiary/aromatic N) is 2. The summed E-state index contributed by atoms with van der Waals surface area (Å²) in [5.74, 6) is -0.171. The summed E-state index contributed by atoms with van der Waals surface area (Å²) in [6.07, 6.45) is 3.12. The number of hydrogen-bond acceptors (Lipinski definition) is 6. The molecule has 1 aromatic carbocycles. The Kier molecular flexibility index (Phi) is 5.64. The number of thiazole rings is 1. The lowest BCUT2D eigenvalue weighted by Gasteiger charge is -2.09. The molecule has 3 aromatic heterocycles. The Morgan fingerprint density at radius 2 is 2.14 bits per heavy atom. The number of nitrogens with one attached hydrogen (secondary N) is 1. The van der Waals surface area contributed by atoms with Gasteiger partial charge < -0.3 is 10.1 Å². The second-order valence-corrected chi connectivity index (χ2v) is 8.10. The van der Waals surface area contributed by atoms with Crippen molar-refractivity contribution in [3.8, 4) is 21.4 Å². The van der Waals surface area contributed by atoms with Gasteiger partial charge in [-0.1, -0.05) is 12.1 Å². The highest BCUT2D eigenvalue weighted by atomic mass is 32.1. The summed E-state index contributed by atoms with van der Waals surface area (Å²) in [5, 5.41) is 5.63. The van der Waals surface area contributed by atoms with E-state index < -0.39 is 5.82 Å². The predicted molar refractivity (Wildman–Crippen MR) is 112 cm³/mol. The number of pyridine rings is 1. The normalized spacial score (nSPS) is 10.7. The molecule has 0 atom stereocenters. The minimum atomic E-state index is -0.505. The van der Waals surface area contributed by atoms with Crippen LogP contribution in [0.25, 0.3) is 9.88 Å². The quantitative estimate of drug-likeness (QED) is 0.447. The Morgan fingerprint density at radius 3 is 2.86 bits per heavy atom. The van der Waals surface area contributed by atoms with Crippen molar-refractivity contribution in [2.24, 2.45) is 0 Å². The first-order chi connectivity index (χ1) is 14.1. The molecule has 0 aliphatic rings. The van der Waals surface area contributed by atoms with Gasteiger partial charge in [0.1, 0.15) is 15.6 Å². The first-order valence-corrected chi connectivity index (χ1v) is 10.5. The van der Waals surface area contributed by atoms with Crippen molar-refractivity contribution in [1.29, 1.82) is 0 Å². The number of rotatable bonds is 6. The van der Waals surface area contributed by atoms with Gasteiger partial charge >= 0.3 is 0 Å². The van der Waals surface area contributed by atoms with Crippen LogP contribution >= 0.6 is 22.7 Å². The largest absolute Gasteiger partial charge is 0.453 e. The average Bonchev–Trinajstić information content (AvgIpc) is 3.38. The van der Waals surface area contributed by atoms with Gasteiger partial charge in [-0.25, -0.2) is 9.37 Å². The average molecular weight is 426 g/mol. The van der Waals surface area contributed by atoms with E-state index in [0.29, 0.717) is 21.9 Å². The molecule has 0 fully saturated rings. The smallest absolute Gasteiger partial charge is 0.263 e. The van der Waals surface area contributed by atoms with Crippen molar-refractivity contribution in [1.82, 2.24) is 15.3 Å². The number of carbonyl (C=O) groups excluding carboxylic acids is 1. The van der Waals surface area contributed by atoms with Gasteiger partial charge in [0, 0.05) is 12.7 Å². The van der Waals surface area contributed by atoms with E-state index in [1.807, 2.05) is 24.4 Å². The van der Waals surface area contributed by atoms with Gasteiger partial charge in [-0.3, -0.25) is 9.78 Å². The Balaban J connectivity index is 1.41. The van der Waals surface area contributed by atoms with Gasteiger partial charge in [0.2, 0.25) is 0 Å². The minimum absolute atomic E-state index is 0.104. The van der Waals surface area contributed by atoms with Crippen LogP contribution in [-0.4, -0.2) is 15.9 Å². The molecule has 0 aliphatic heterocycles. The second kappa shape index (κ2) is 8.50. The van der Waals surface area contributed by atoms with Crippen LogP contribution in [-0.2, 0) is 6.54 Å². The van der Waals surface area contributed by atoms with E-state index in [-0.39, 0.29) is 18.2 Å². The van der Waals surface area contributed by atoms with Gasteiger partial charge in [0.05, 0.1) is 16.8 Å². The van der Waals surface area contributed by atoms with Crippen molar-refractivity contribution >= 4 is 28.6 Å². The Morgan fingerprint density at radius 1 is 1.24 bits per heavy atom. The molecule has 5 nitrogen and oxygen atoms in total. The number of aromatic nitrogens is 2. The third-order valence-electron chi connectivity index (χ3n) is 4.05. The first kappa shape index (κ1) is 19.2. The summed E-state index contributed by atoms with van der Waals surface area (Å²) < 4.78 is 19.8. The summed E-state index contributed by atoms with van der Waals surface area (Å²) in [7, 11) is 0. The summed E-state index contributed by atoms with van der Waals surface area (Å²) in [5.41, 5.74) is 1.32. The van der Waals surface area contributed by atoms with Gasteiger partial charge in [-0.05, 0) is 48.2 Å². The van der Waals surface area contributed by atoms with Crippen LogP contribution in [0.3, 0.4) is 0 Å². The maximum Gasteiger partial charge on any atom is 0.263 e. The molecule has 3 heterocycles. The number of aryl methyl sites for hydroxylation is 1. The maximum absolute atomic E-state index is 14.3. The lowest BCUT2D eigenvalue weighted by atomic mass is 10.2. The minimum Gasteiger partial charge on any atom is -0.453 e. The summed E-state index contributed by atoms with van der Waals surface area (Å²) in [6.45, 7) is 2.02. The second-order valence-electron chi connectivity index (χ2n) is 6.15. The van der Waals surface area contributed by atoms with E-state index in [2.05, 4.69) is 15.3 Å². The number of carbonyl (C=O) groups is 1.